The van der Waals surface area contributed by atoms with E-state index in [1.54, 1.807) is 20.8 Å². The topological polar surface area (TPSA) is 87.7 Å². The van der Waals surface area contributed by atoms with E-state index in [2.05, 4.69) is 10.6 Å². The Hall–Kier alpha value is -3.35. The first kappa shape index (κ1) is 26.9. The van der Waals surface area contributed by atoms with Gasteiger partial charge in [-0.05, 0) is 65.2 Å². The Labute approximate surface area is 202 Å². The van der Waals surface area contributed by atoms with E-state index >= 15 is 0 Å². The molecule has 0 saturated carbocycles. The van der Waals surface area contributed by atoms with E-state index in [9.17, 15) is 14.4 Å². The molecule has 1 atom stereocenters. The minimum Gasteiger partial charge on any atom is -0.444 e. The molecule has 0 spiro atoms. The molecule has 0 aliphatic heterocycles. The number of rotatable bonds is 8. The molecule has 0 aliphatic carbocycles. The fraction of sp³-hybridized carbons (Fsp3) is 0.444. The van der Waals surface area contributed by atoms with Crippen molar-refractivity contribution in [3.05, 3.63) is 64.7 Å². The van der Waals surface area contributed by atoms with Gasteiger partial charge >= 0.3 is 6.09 Å². The van der Waals surface area contributed by atoms with Crippen molar-refractivity contribution in [1.82, 2.24) is 10.2 Å². The maximum atomic E-state index is 13.6. The molecule has 1 unspecified atom stereocenters. The van der Waals surface area contributed by atoms with E-state index in [4.69, 9.17) is 4.74 Å². The number of alkyl carbamates (subject to hydrolysis) is 1. The van der Waals surface area contributed by atoms with Crippen LogP contribution in [0.2, 0.25) is 0 Å². The van der Waals surface area contributed by atoms with Gasteiger partial charge in [-0.2, -0.15) is 0 Å². The van der Waals surface area contributed by atoms with E-state index in [0.717, 1.165) is 22.3 Å². The van der Waals surface area contributed by atoms with Gasteiger partial charge < -0.3 is 20.3 Å². The normalized spacial score (nSPS) is 12.0. The Morgan fingerprint density at radius 3 is 2.18 bits per heavy atom. The quantitative estimate of drug-likeness (QED) is 0.568. The minimum atomic E-state index is -0.855. The van der Waals surface area contributed by atoms with Crippen molar-refractivity contribution in [3.8, 4) is 0 Å². The summed E-state index contributed by atoms with van der Waals surface area (Å²) in [6.45, 7) is 13.1. The van der Waals surface area contributed by atoms with Gasteiger partial charge in [0.2, 0.25) is 5.91 Å². The summed E-state index contributed by atoms with van der Waals surface area (Å²) in [6, 6.07) is 12.5. The van der Waals surface area contributed by atoms with Gasteiger partial charge in [0, 0.05) is 12.2 Å². The molecule has 7 heteroatoms. The number of ether oxygens (including phenoxy) is 1. The maximum Gasteiger partial charge on any atom is 0.408 e. The highest BCUT2D eigenvalue weighted by Crippen LogP contribution is 2.26. The Morgan fingerprint density at radius 2 is 1.62 bits per heavy atom. The van der Waals surface area contributed by atoms with Crippen molar-refractivity contribution in [2.24, 2.45) is 0 Å². The number of nitrogens with zero attached hydrogens (tertiary/aromatic N) is 1. The lowest BCUT2D eigenvalue weighted by molar-refractivity contribution is -0.138. The molecular weight excluding hydrogens is 430 g/mol. The van der Waals surface area contributed by atoms with Crippen molar-refractivity contribution in [2.45, 2.75) is 66.5 Å². The van der Waals surface area contributed by atoms with Crippen molar-refractivity contribution in [3.63, 3.8) is 0 Å². The molecule has 2 aromatic rings. The molecule has 0 fully saturated rings. The van der Waals surface area contributed by atoms with Crippen LogP contribution in [-0.4, -0.2) is 41.5 Å². The highest BCUT2D eigenvalue weighted by atomic mass is 16.6. The zero-order valence-electron chi connectivity index (χ0n) is 21.3. The molecule has 2 aromatic carbocycles. The van der Waals surface area contributed by atoms with E-state index < -0.39 is 17.7 Å². The SMILES string of the molecule is CCCN(C(=O)CNC(=O)OC(C)(C)C)C(C(=O)Nc1ccccc1C)c1cc(C)cc(C)c1. The summed E-state index contributed by atoms with van der Waals surface area (Å²) in [4.78, 5) is 40.5. The molecule has 0 saturated heterocycles. The van der Waals surface area contributed by atoms with Crippen LogP contribution in [0.5, 0.6) is 0 Å². The summed E-state index contributed by atoms with van der Waals surface area (Å²) >= 11 is 0. The van der Waals surface area contributed by atoms with Crippen molar-refractivity contribution >= 4 is 23.6 Å². The molecular formula is C27H37N3O4. The predicted molar refractivity (Wildman–Crippen MR) is 135 cm³/mol. The third-order valence-corrected chi connectivity index (χ3v) is 5.09. The van der Waals surface area contributed by atoms with Crippen molar-refractivity contribution in [2.75, 3.05) is 18.4 Å². The van der Waals surface area contributed by atoms with Crippen LogP contribution in [0.15, 0.2) is 42.5 Å². The molecule has 2 N–H and O–H groups in total. The van der Waals surface area contributed by atoms with E-state index in [1.807, 2.05) is 70.2 Å². The van der Waals surface area contributed by atoms with Gasteiger partial charge in [-0.15, -0.1) is 0 Å². The van der Waals surface area contributed by atoms with Crippen LogP contribution >= 0.6 is 0 Å². The lowest BCUT2D eigenvalue weighted by Gasteiger charge is -2.32. The van der Waals surface area contributed by atoms with Gasteiger partial charge in [0.25, 0.3) is 5.91 Å². The number of para-hydroxylation sites is 1. The maximum absolute atomic E-state index is 13.6. The first-order valence-corrected chi connectivity index (χ1v) is 11.6. The van der Waals surface area contributed by atoms with Gasteiger partial charge in [-0.25, -0.2) is 4.79 Å². The van der Waals surface area contributed by atoms with Gasteiger partial charge in [-0.1, -0.05) is 54.4 Å². The molecule has 0 aliphatic rings. The predicted octanol–water partition coefficient (Wildman–Crippen LogP) is 5.05. The summed E-state index contributed by atoms with van der Waals surface area (Å²) in [5.41, 5.74) is 3.67. The number of carbonyl (C=O) groups excluding carboxylic acids is 3. The largest absolute Gasteiger partial charge is 0.444 e. The first-order valence-electron chi connectivity index (χ1n) is 11.6. The number of carbonyl (C=O) groups is 3. The van der Waals surface area contributed by atoms with Gasteiger partial charge in [0.1, 0.15) is 18.2 Å². The number of amides is 3. The Bertz CT molecular complexity index is 1010. The number of aryl methyl sites for hydroxylation is 3. The van der Waals surface area contributed by atoms with Crippen molar-refractivity contribution < 1.29 is 19.1 Å². The van der Waals surface area contributed by atoms with E-state index in [-0.39, 0.29) is 18.4 Å². The first-order chi connectivity index (χ1) is 15.9. The Balaban J connectivity index is 2.38. The average Bonchev–Trinajstić information content (AvgIpc) is 2.71. The summed E-state index contributed by atoms with van der Waals surface area (Å²) < 4.78 is 5.24. The van der Waals surface area contributed by atoms with Crippen LogP contribution in [-0.2, 0) is 14.3 Å². The average molecular weight is 468 g/mol. The monoisotopic (exact) mass is 467 g/mol. The molecule has 2 rings (SSSR count). The van der Waals surface area contributed by atoms with Crippen LogP contribution in [0.4, 0.5) is 10.5 Å². The molecule has 34 heavy (non-hydrogen) atoms. The fourth-order valence-electron chi connectivity index (χ4n) is 3.76. The molecule has 0 aromatic heterocycles. The zero-order chi connectivity index (χ0) is 25.5. The molecule has 0 bridgehead atoms. The molecule has 0 radical (unpaired) electrons. The van der Waals surface area contributed by atoms with E-state index in [0.29, 0.717) is 18.7 Å². The molecule has 7 nitrogen and oxygen atoms in total. The van der Waals surface area contributed by atoms with Gasteiger partial charge in [0.05, 0.1) is 0 Å². The molecule has 3 amide bonds. The van der Waals surface area contributed by atoms with Crippen LogP contribution < -0.4 is 10.6 Å². The number of benzene rings is 2. The minimum absolute atomic E-state index is 0.270. The smallest absolute Gasteiger partial charge is 0.408 e. The standard InChI is InChI=1S/C27H37N3O4/c1-8-13-30(23(31)17-28-26(33)34-27(5,6)7)24(21-15-18(2)14-19(3)16-21)25(32)29-22-12-10-9-11-20(22)4/h9-12,14-16,24H,8,13,17H2,1-7H3,(H,28,33)(H,29,32). The second-order valence-electron chi connectivity index (χ2n) is 9.57. The lowest BCUT2D eigenvalue weighted by atomic mass is 9.98. The van der Waals surface area contributed by atoms with E-state index in [1.165, 1.54) is 4.90 Å². The third kappa shape index (κ3) is 7.90. The molecule has 184 valence electrons. The highest BCUT2D eigenvalue weighted by molar-refractivity contribution is 5.98. The van der Waals surface area contributed by atoms with Crippen LogP contribution in [0.1, 0.15) is 62.4 Å². The second kappa shape index (κ2) is 11.7. The van der Waals surface area contributed by atoms with Crippen LogP contribution in [0.25, 0.3) is 0 Å². The number of hydrogen-bond acceptors (Lipinski definition) is 4. The number of anilines is 1. The summed E-state index contributed by atoms with van der Waals surface area (Å²) in [6.07, 6.45) is -0.0264. The second-order valence-corrected chi connectivity index (χ2v) is 9.57. The van der Waals surface area contributed by atoms with Crippen molar-refractivity contribution in [1.29, 1.82) is 0 Å². The molecule has 0 heterocycles. The van der Waals surface area contributed by atoms with Gasteiger partial charge in [-0.3, -0.25) is 9.59 Å². The van der Waals surface area contributed by atoms with Gasteiger partial charge in [0.15, 0.2) is 0 Å². The van der Waals surface area contributed by atoms with Crippen LogP contribution in [0.3, 0.4) is 0 Å². The number of nitrogens with one attached hydrogen (secondary N) is 2. The highest BCUT2D eigenvalue weighted by Gasteiger charge is 2.32. The third-order valence-electron chi connectivity index (χ3n) is 5.09. The summed E-state index contributed by atoms with van der Waals surface area (Å²) in [7, 11) is 0. The Morgan fingerprint density at radius 1 is 1.00 bits per heavy atom. The zero-order valence-corrected chi connectivity index (χ0v) is 21.3. The summed E-state index contributed by atoms with van der Waals surface area (Å²) in [5.74, 6) is -0.671. The summed E-state index contributed by atoms with van der Waals surface area (Å²) in [5, 5.41) is 5.51. The number of hydrogen-bond donors (Lipinski definition) is 2. The lowest BCUT2D eigenvalue weighted by Crippen LogP contribution is -2.46. The van der Waals surface area contributed by atoms with Crippen LogP contribution in [0, 0.1) is 20.8 Å². The fourth-order valence-corrected chi connectivity index (χ4v) is 3.76. The Kier molecular flexibility index (Phi) is 9.24.